The lowest BCUT2D eigenvalue weighted by molar-refractivity contribution is 0.280. The molecule has 0 amide bonds. The van der Waals surface area contributed by atoms with E-state index in [0.717, 1.165) is 18.4 Å². The summed E-state index contributed by atoms with van der Waals surface area (Å²) in [7, 11) is -3.80. The summed E-state index contributed by atoms with van der Waals surface area (Å²) in [5.74, 6) is 0.304. The fourth-order valence-electron chi connectivity index (χ4n) is 2.88. The lowest BCUT2D eigenvalue weighted by Gasteiger charge is -2.29. The van der Waals surface area contributed by atoms with E-state index in [-0.39, 0.29) is 4.90 Å². The van der Waals surface area contributed by atoms with Crippen molar-refractivity contribution in [2.24, 2.45) is 5.92 Å². The third-order valence-corrected chi connectivity index (χ3v) is 5.95. The minimum absolute atomic E-state index is 0.266. The molecule has 0 saturated carbocycles. The topological polar surface area (TPSA) is 67.6 Å². The molecule has 0 radical (unpaired) electrons. The normalized spacial score (nSPS) is 18.9. The molecule has 3 rings (SSSR count). The first-order valence-electron chi connectivity index (χ1n) is 8.42. The molecule has 0 bridgehead atoms. The van der Waals surface area contributed by atoms with E-state index in [1.54, 1.807) is 12.1 Å². The van der Waals surface area contributed by atoms with Gasteiger partial charge in [-0.3, -0.25) is 0 Å². The van der Waals surface area contributed by atoms with Crippen LogP contribution >= 0.6 is 0 Å². The maximum Gasteiger partial charge on any atom is 0.356 e. The Bertz CT molecular complexity index is 870. The first kappa shape index (κ1) is 18.7. The van der Waals surface area contributed by atoms with Crippen LogP contribution in [0.25, 0.3) is 11.0 Å². The van der Waals surface area contributed by atoms with E-state index >= 15 is 0 Å². The molecule has 1 aromatic heterocycles. The van der Waals surface area contributed by atoms with E-state index in [1.807, 2.05) is 33.8 Å². The second-order valence-electron chi connectivity index (χ2n) is 6.05. The van der Waals surface area contributed by atoms with Gasteiger partial charge in [-0.2, -0.15) is 4.31 Å². The van der Waals surface area contributed by atoms with Gasteiger partial charge in [-0.1, -0.05) is 32.9 Å². The highest BCUT2D eigenvalue weighted by atomic mass is 32.2. The minimum atomic E-state index is -3.80. The molecule has 1 aliphatic heterocycles. The molecule has 24 heavy (non-hydrogen) atoms. The van der Waals surface area contributed by atoms with Gasteiger partial charge in [0.1, 0.15) is 5.58 Å². The molecule has 0 N–H and O–H groups in total. The minimum Gasteiger partial charge on any atom is -0.422 e. The van der Waals surface area contributed by atoms with Crippen LogP contribution in [0.2, 0.25) is 0 Å². The average Bonchev–Trinajstić information content (AvgIpc) is 2.55. The highest BCUT2D eigenvalue weighted by Gasteiger charge is 2.31. The lowest BCUT2D eigenvalue weighted by atomic mass is 10.0. The smallest absolute Gasteiger partial charge is 0.356 e. The van der Waals surface area contributed by atoms with Gasteiger partial charge in [-0.15, -0.1) is 0 Å². The predicted molar refractivity (Wildman–Crippen MR) is 95.7 cm³/mol. The average molecular weight is 351 g/mol. The van der Waals surface area contributed by atoms with E-state index in [0.29, 0.717) is 30.0 Å². The molecular formula is C18H25NO4S. The maximum absolute atomic E-state index is 12.7. The van der Waals surface area contributed by atoms with Crippen molar-refractivity contribution in [3.05, 3.63) is 40.2 Å². The number of nitrogens with zero attached hydrogens (tertiary/aromatic N) is 1. The van der Waals surface area contributed by atoms with Gasteiger partial charge in [-0.05, 0) is 43.4 Å². The molecule has 2 heterocycles. The summed E-state index contributed by atoms with van der Waals surface area (Å²) in [5.41, 5.74) is 0.573. The van der Waals surface area contributed by atoms with Crippen molar-refractivity contribution < 1.29 is 12.8 Å². The summed E-state index contributed by atoms with van der Waals surface area (Å²) in [5, 5.41) is 0.619. The van der Waals surface area contributed by atoms with Crippen molar-refractivity contribution in [3.63, 3.8) is 0 Å². The third-order valence-electron chi connectivity index (χ3n) is 4.10. The fourth-order valence-corrected chi connectivity index (χ4v) is 4.51. The van der Waals surface area contributed by atoms with Gasteiger partial charge in [0, 0.05) is 18.5 Å². The molecule has 132 valence electrons. The number of fused-ring (bicyclic) bond motifs is 1. The van der Waals surface area contributed by atoms with E-state index in [1.165, 1.54) is 10.4 Å². The molecule has 1 aliphatic rings. The Labute approximate surface area is 143 Å². The summed E-state index contributed by atoms with van der Waals surface area (Å²) in [6, 6.07) is 6.79. The number of hydrogen-bond acceptors (Lipinski definition) is 4. The van der Waals surface area contributed by atoms with Gasteiger partial charge in [0.2, 0.25) is 10.0 Å². The summed E-state index contributed by atoms with van der Waals surface area (Å²) in [6.07, 6.45) is 1.83. The van der Waals surface area contributed by atoms with Gasteiger partial charge in [0.15, 0.2) is 4.90 Å². The van der Waals surface area contributed by atoms with Crippen molar-refractivity contribution in [1.29, 1.82) is 0 Å². The maximum atomic E-state index is 12.7. The Kier molecular flexibility index (Phi) is 5.83. The molecule has 1 aromatic carbocycles. The second-order valence-corrected chi connectivity index (χ2v) is 7.96. The molecule has 2 aromatic rings. The Balaban J connectivity index is 0.00000100. The van der Waals surface area contributed by atoms with E-state index < -0.39 is 15.6 Å². The van der Waals surface area contributed by atoms with Crippen LogP contribution in [0.4, 0.5) is 0 Å². The van der Waals surface area contributed by atoms with Gasteiger partial charge in [-0.25, -0.2) is 13.2 Å². The predicted octanol–water partition coefficient (Wildman–Crippen LogP) is 3.55. The van der Waals surface area contributed by atoms with E-state index in [4.69, 9.17) is 4.42 Å². The monoisotopic (exact) mass is 351 g/mol. The molecule has 6 heteroatoms. The Morgan fingerprint density at radius 2 is 1.92 bits per heavy atom. The Morgan fingerprint density at radius 3 is 2.58 bits per heavy atom. The number of sulfonamides is 1. The molecular weight excluding hydrogens is 326 g/mol. The SMILES string of the molecule is CC.Cc1ccc2cc(S(=O)(=O)N3CCCC(C)C3)c(=O)oc2c1. The van der Waals surface area contributed by atoms with E-state index in [9.17, 15) is 13.2 Å². The van der Waals surface area contributed by atoms with Crippen molar-refractivity contribution in [1.82, 2.24) is 4.31 Å². The van der Waals surface area contributed by atoms with Crippen molar-refractivity contribution in [2.75, 3.05) is 13.1 Å². The number of rotatable bonds is 2. The molecule has 1 fully saturated rings. The third kappa shape index (κ3) is 3.70. The van der Waals surface area contributed by atoms with Gasteiger partial charge in [0.05, 0.1) is 0 Å². The molecule has 1 saturated heterocycles. The molecule has 5 nitrogen and oxygen atoms in total. The van der Waals surface area contributed by atoms with Crippen molar-refractivity contribution in [2.45, 2.75) is 45.4 Å². The van der Waals surface area contributed by atoms with Gasteiger partial charge >= 0.3 is 5.63 Å². The van der Waals surface area contributed by atoms with Crippen LogP contribution in [0.1, 0.15) is 39.2 Å². The van der Waals surface area contributed by atoms with Crippen LogP contribution in [0, 0.1) is 12.8 Å². The quantitative estimate of drug-likeness (QED) is 0.776. The lowest BCUT2D eigenvalue weighted by Crippen LogP contribution is -2.40. The zero-order valence-corrected chi connectivity index (χ0v) is 15.5. The molecule has 0 spiro atoms. The Morgan fingerprint density at radius 1 is 1.21 bits per heavy atom. The number of hydrogen-bond donors (Lipinski definition) is 0. The number of aryl methyl sites for hydroxylation is 1. The molecule has 1 atom stereocenters. The van der Waals surface area contributed by atoms with Crippen LogP contribution in [0.3, 0.4) is 0 Å². The van der Waals surface area contributed by atoms with Crippen LogP contribution in [0.15, 0.2) is 38.4 Å². The highest BCUT2D eigenvalue weighted by Crippen LogP contribution is 2.24. The van der Waals surface area contributed by atoms with Crippen LogP contribution in [0.5, 0.6) is 0 Å². The summed E-state index contributed by atoms with van der Waals surface area (Å²) < 4.78 is 32.1. The highest BCUT2D eigenvalue weighted by molar-refractivity contribution is 7.89. The van der Waals surface area contributed by atoms with Gasteiger partial charge in [0.25, 0.3) is 0 Å². The Hall–Kier alpha value is -1.66. The van der Waals surface area contributed by atoms with Crippen LogP contribution in [-0.4, -0.2) is 25.8 Å². The first-order chi connectivity index (χ1) is 11.4. The standard InChI is InChI=1S/C16H19NO4S.C2H6/c1-11-5-6-13-9-15(16(18)21-14(13)8-11)22(19,20)17-7-3-4-12(2)10-17;1-2/h5-6,8-9,12H,3-4,7,10H2,1-2H3;1-2H3. The number of benzene rings is 1. The van der Waals surface area contributed by atoms with Crippen LogP contribution < -0.4 is 5.63 Å². The van der Waals surface area contributed by atoms with Crippen LogP contribution in [-0.2, 0) is 10.0 Å². The summed E-state index contributed by atoms with van der Waals surface area (Å²) in [6.45, 7) is 8.82. The second kappa shape index (κ2) is 7.49. The summed E-state index contributed by atoms with van der Waals surface area (Å²) >= 11 is 0. The van der Waals surface area contributed by atoms with Crippen molar-refractivity contribution >= 4 is 21.0 Å². The largest absolute Gasteiger partial charge is 0.422 e. The van der Waals surface area contributed by atoms with Crippen molar-refractivity contribution in [3.8, 4) is 0 Å². The molecule has 1 unspecified atom stereocenters. The fraction of sp³-hybridized carbons (Fsp3) is 0.500. The molecule has 0 aliphatic carbocycles. The summed E-state index contributed by atoms with van der Waals surface area (Å²) in [4.78, 5) is 11.9. The van der Waals surface area contributed by atoms with E-state index in [2.05, 4.69) is 0 Å². The van der Waals surface area contributed by atoms with Gasteiger partial charge < -0.3 is 4.42 Å². The number of piperidine rings is 1. The zero-order valence-electron chi connectivity index (χ0n) is 14.7. The first-order valence-corrected chi connectivity index (χ1v) is 9.86. The zero-order chi connectivity index (χ0) is 17.9.